The van der Waals surface area contributed by atoms with Crippen molar-refractivity contribution in [2.45, 2.75) is 31.8 Å². The van der Waals surface area contributed by atoms with E-state index < -0.39 is 21.8 Å². The Labute approximate surface area is 229 Å². The van der Waals surface area contributed by atoms with E-state index in [1.165, 1.54) is 30.5 Å². The number of anilines is 1. The molecule has 0 amide bonds. The zero-order valence-electron chi connectivity index (χ0n) is 21.3. The van der Waals surface area contributed by atoms with Crippen molar-refractivity contribution >= 4 is 27.6 Å². The number of ether oxygens (including phenoxy) is 1. The number of nitrogens with one attached hydrogen (secondary N) is 1. The number of alkyl halides is 3. The van der Waals surface area contributed by atoms with Crippen LogP contribution >= 0.6 is 11.6 Å². The van der Waals surface area contributed by atoms with Crippen molar-refractivity contribution in [3.63, 3.8) is 0 Å². The van der Waals surface area contributed by atoms with Gasteiger partial charge in [-0.25, -0.2) is 23.1 Å². The minimum atomic E-state index is -4.51. The van der Waals surface area contributed by atoms with E-state index in [9.17, 15) is 21.6 Å². The second-order valence-electron chi connectivity index (χ2n) is 9.94. The first-order valence-corrected chi connectivity index (χ1v) is 13.6. The summed E-state index contributed by atoms with van der Waals surface area (Å²) in [5, 5.41) is 0.382. The molecule has 39 heavy (non-hydrogen) atoms. The lowest BCUT2D eigenvalue weighted by Gasteiger charge is -2.20. The van der Waals surface area contributed by atoms with E-state index in [2.05, 4.69) is 14.7 Å². The fraction of sp³-hybridized carbons (Fsp3) is 0.214. The molecule has 0 bridgehead atoms. The van der Waals surface area contributed by atoms with Gasteiger partial charge in [-0.2, -0.15) is 13.2 Å². The van der Waals surface area contributed by atoms with E-state index >= 15 is 0 Å². The molecule has 0 aliphatic carbocycles. The lowest BCUT2D eigenvalue weighted by atomic mass is 9.98. The lowest BCUT2D eigenvalue weighted by molar-refractivity contribution is -0.137. The molecule has 0 saturated heterocycles. The monoisotopic (exact) mass is 575 g/mol. The van der Waals surface area contributed by atoms with Crippen LogP contribution in [-0.4, -0.2) is 25.0 Å². The normalized spacial score (nSPS) is 12.3. The molecule has 4 rings (SSSR count). The van der Waals surface area contributed by atoms with Crippen LogP contribution in [-0.2, 0) is 16.2 Å². The predicted octanol–water partition coefficient (Wildman–Crippen LogP) is 7.71. The van der Waals surface area contributed by atoms with Gasteiger partial charge in [0.05, 0.1) is 27.8 Å². The van der Waals surface area contributed by atoms with Crippen LogP contribution in [0.2, 0.25) is 5.02 Å². The molecule has 6 nitrogen and oxygen atoms in total. The van der Waals surface area contributed by atoms with E-state index in [4.69, 9.17) is 16.3 Å². The highest BCUT2D eigenvalue weighted by atomic mass is 35.5. The smallest absolute Gasteiger partial charge is 0.416 e. The Morgan fingerprint density at radius 2 is 1.56 bits per heavy atom. The molecule has 1 aromatic heterocycles. The minimum absolute atomic E-state index is 0.00657. The summed E-state index contributed by atoms with van der Waals surface area (Å²) in [7, 11) is -4.01. The highest BCUT2D eigenvalue weighted by molar-refractivity contribution is 7.92. The van der Waals surface area contributed by atoms with Gasteiger partial charge in [-0.3, -0.25) is 0 Å². The summed E-state index contributed by atoms with van der Waals surface area (Å²) in [4.78, 5) is 8.60. The zero-order chi connectivity index (χ0) is 28.4. The molecule has 204 valence electrons. The van der Waals surface area contributed by atoms with Crippen molar-refractivity contribution in [2.75, 3.05) is 11.3 Å². The van der Waals surface area contributed by atoms with Crippen LogP contribution in [0.5, 0.6) is 5.75 Å². The van der Waals surface area contributed by atoms with Gasteiger partial charge in [-0.15, -0.1) is 0 Å². The van der Waals surface area contributed by atoms with Crippen LogP contribution in [0.1, 0.15) is 26.3 Å². The number of hydrogen-bond acceptors (Lipinski definition) is 5. The molecule has 0 unspecified atom stereocenters. The van der Waals surface area contributed by atoms with E-state index in [1.54, 1.807) is 36.4 Å². The third-order valence-corrected chi connectivity index (χ3v) is 7.11. The fourth-order valence-corrected chi connectivity index (χ4v) is 4.68. The Kier molecular flexibility index (Phi) is 7.90. The number of rotatable bonds is 7. The highest BCUT2D eigenvalue weighted by Crippen LogP contribution is 2.37. The molecule has 11 heteroatoms. The number of halogens is 4. The van der Waals surface area contributed by atoms with Gasteiger partial charge in [0.25, 0.3) is 10.0 Å². The van der Waals surface area contributed by atoms with Crippen molar-refractivity contribution < 1.29 is 26.3 Å². The topological polar surface area (TPSA) is 81.2 Å². The van der Waals surface area contributed by atoms with Crippen molar-refractivity contribution in [3.8, 4) is 28.1 Å². The Balaban J connectivity index is 1.80. The van der Waals surface area contributed by atoms with Gasteiger partial charge in [0.2, 0.25) is 5.95 Å². The van der Waals surface area contributed by atoms with Crippen LogP contribution in [0.15, 0.2) is 83.9 Å². The van der Waals surface area contributed by atoms with Crippen LogP contribution in [0, 0.1) is 5.41 Å². The molecule has 0 aliphatic rings. The number of sulfonamides is 1. The number of hydrogen-bond donors (Lipinski definition) is 1. The van der Waals surface area contributed by atoms with Gasteiger partial charge >= 0.3 is 6.18 Å². The average molecular weight is 576 g/mol. The standard InChI is InChI=1S/C28H25ClF3N3O3S/c1-27(2,3)17-38-24-15-19(11-14-23(24)29)22-16-33-26(35-39(36,37)21-7-5-4-6-8-21)34-25(22)18-9-12-20(13-10-18)28(30,31)32/h4-16H,17H2,1-3H3,(H,33,34,35). The maximum absolute atomic E-state index is 13.2. The molecule has 1 heterocycles. The molecule has 0 aliphatic heterocycles. The van der Waals surface area contributed by atoms with Crippen molar-refractivity contribution in [1.82, 2.24) is 9.97 Å². The molecule has 0 radical (unpaired) electrons. The number of aromatic nitrogens is 2. The largest absolute Gasteiger partial charge is 0.491 e. The Morgan fingerprint density at radius 3 is 2.18 bits per heavy atom. The summed E-state index contributed by atoms with van der Waals surface area (Å²) in [5.41, 5.74) is 0.605. The molecule has 3 aromatic carbocycles. The Morgan fingerprint density at radius 1 is 0.923 bits per heavy atom. The predicted molar refractivity (Wildman–Crippen MR) is 145 cm³/mol. The third-order valence-electron chi connectivity index (χ3n) is 5.46. The van der Waals surface area contributed by atoms with Gasteiger partial charge in [0, 0.05) is 17.3 Å². The van der Waals surface area contributed by atoms with Crippen LogP contribution in [0.4, 0.5) is 19.1 Å². The van der Waals surface area contributed by atoms with Gasteiger partial charge in [0.15, 0.2) is 0 Å². The zero-order valence-corrected chi connectivity index (χ0v) is 22.8. The van der Waals surface area contributed by atoms with Gasteiger partial charge < -0.3 is 4.74 Å². The second-order valence-corrected chi connectivity index (χ2v) is 12.0. The highest BCUT2D eigenvalue weighted by Gasteiger charge is 2.30. The molecule has 0 atom stereocenters. The van der Waals surface area contributed by atoms with Crippen LogP contribution < -0.4 is 9.46 Å². The third kappa shape index (κ3) is 7.07. The molecule has 0 saturated carbocycles. The van der Waals surface area contributed by atoms with Crippen molar-refractivity contribution in [3.05, 3.63) is 89.6 Å². The summed E-state index contributed by atoms with van der Waals surface area (Å²) in [6.07, 6.45) is -3.11. The number of benzene rings is 3. The Hall–Kier alpha value is -3.63. The summed E-state index contributed by atoms with van der Waals surface area (Å²) < 4.78 is 73.5. The molecular weight excluding hydrogens is 551 g/mol. The molecule has 1 N–H and O–H groups in total. The molecule has 0 spiro atoms. The lowest BCUT2D eigenvalue weighted by Crippen LogP contribution is -2.17. The van der Waals surface area contributed by atoms with Gasteiger partial charge in [0.1, 0.15) is 5.75 Å². The Bertz CT molecular complexity index is 1570. The van der Waals surface area contributed by atoms with E-state index in [0.717, 1.165) is 12.1 Å². The molecular formula is C28H25ClF3N3O3S. The summed E-state index contributed by atoms with van der Waals surface area (Å²) in [6, 6.07) is 17.1. The van der Waals surface area contributed by atoms with E-state index in [-0.39, 0.29) is 22.0 Å². The van der Waals surface area contributed by atoms with Gasteiger partial charge in [-0.05, 0) is 47.4 Å². The summed E-state index contributed by atoms with van der Waals surface area (Å²) >= 11 is 6.35. The number of nitrogens with zero attached hydrogens (tertiary/aromatic N) is 2. The van der Waals surface area contributed by atoms with Crippen molar-refractivity contribution in [1.29, 1.82) is 0 Å². The van der Waals surface area contributed by atoms with Gasteiger partial charge in [-0.1, -0.05) is 68.8 Å². The first-order valence-electron chi connectivity index (χ1n) is 11.8. The first-order chi connectivity index (χ1) is 18.2. The minimum Gasteiger partial charge on any atom is -0.491 e. The quantitative estimate of drug-likeness (QED) is 0.244. The SMILES string of the molecule is CC(C)(C)COc1cc(-c2cnc(NS(=O)(=O)c3ccccc3)nc2-c2ccc(C(F)(F)F)cc2)ccc1Cl. The van der Waals surface area contributed by atoms with Crippen LogP contribution in [0.3, 0.4) is 0 Å². The summed E-state index contributed by atoms with van der Waals surface area (Å²) in [5.74, 6) is 0.173. The molecule has 4 aromatic rings. The average Bonchev–Trinajstić information content (AvgIpc) is 2.88. The summed E-state index contributed by atoms with van der Waals surface area (Å²) in [6.45, 7) is 6.42. The maximum Gasteiger partial charge on any atom is 0.416 e. The van der Waals surface area contributed by atoms with E-state index in [1.807, 2.05) is 20.8 Å². The fourth-order valence-electron chi connectivity index (χ4n) is 3.53. The molecule has 0 fully saturated rings. The first kappa shape index (κ1) is 28.4. The second kappa shape index (κ2) is 10.9. The van der Waals surface area contributed by atoms with E-state index in [0.29, 0.717) is 34.1 Å². The maximum atomic E-state index is 13.2. The van der Waals surface area contributed by atoms with Crippen molar-refractivity contribution in [2.24, 2.45) is 5.41 Å². The van der Waals surface area contributed by atoms with Crippen LogP contribution in [0.25, 0.3) is 22.4 Å².